The summed E-state index contributed by atoms with van der Waals surface area (Å²) in [7, 11) is 5.26. The van der Waals surface area contributed by atoms with Gasteiger partial charge in [0.05, 0.1) is 26.5 Å². The zero-order valence-corrected chi connectivity index (χ0v) is 12.4. The Morgan fingerprint density at radius 2 is 1.90 bits per heavy atom. The number of nitrogens with zero attached hydrogens (tertiary/aromatic N) is 2. The maximum Gasteiger partial charge on any atom is 0.161 e. The Kier molecular flexibility index (Phi) is 4.63. The van der Waals surface area contributed by atoms with Crippen molar-refractivity contribution in [1.29, 1.82) is 0 Å². The lowest BCUT2D eigenvalue weighted by atomic mass is 10.0. The van der Waals surface area contributed by atoms with E-state index in [2.05, 4.69) is 23.4 Å². The number of aromatic nitrogens is 2. The zero-order valence-electron chi connectivity index (χ0n) is 12.4. The third-order valence-electron chi connectivity index (χ3n) is 3.30. The van der Waals surface area contributed by atoms with E-state index in [0.717, 1.165) is 29.3 Å². The Labute approximate surface area is 119 Å². The third kappa shape index (κ3) is 2.63. The molecule has 1 atom stereocenters. The van der Waals surface area contributed by atoms with Crippen LogP contribution in [0, 0.1) is 0 Å². The van der Waals surface area contributed by atoms with Crippen LogP contribution in [-0.2, 0) is 7.05 Å². The Hall–Kier alpha value is -2.01. The summed E-state index contributed by atoms with van der Waals surface area (Å²) in [5.41, 5.74) is 2.05. The lowest BCUT2D eigenvalue weighted by Gasteiger charge is -2.22. The van der Waals surface area contributed by atoms with Crippen molar-refractivity contribution < 1.29 is 9.47 Å². The Bertz CT molecular complexity index is 566. The van der Waals surface area contributed by atoms with Gasteiger partial charge in [0, 0.05) is 12.6 Å². The molecule has 0 bridgehead atoms. The van der Waals surface area contributed by atoms with Gasteiger partial charge in [-0.1, -0.05) is 25.1 Å². The smallest absolute Gasteiger partial charge is 0.161 e. The van der Waals surface area contributed by atoms with Gasteiger partial charge in [-0.3, -0.25) is 4.68 Å². The van der Waals surface area contributed by atoms with Crippen LogP contribution in [0.2, 0.25) is 0 Å². The molecule has 1 aromatic carbocycles. The van der Waals surface area contributed by atoms with Crippen molar-refractivity contribution in [2.45, 2.75) is 13.0 Å². The maximum atomic E-state index is 5.47. The molecule has 5 heteroatoms. The van der Waals surface area contributed by atoms with E-state index in [9.17, 15) is 0 Å². The van der Waals surface area contributed by atoms with Crippen molar-refractivity contribution in [1.82, 2.24) is 15.1 Å². The molecule has 1 aromatic heterocycles. The third-order valence-corrected chi connectivity index (χ3v) is 3.30. The first-order chi connectivity index (χ1) is 9.72. The molecule has 5 nitrogen and oxygen atoms in total. The number of nitrogens with one attached hydrogen (secondary N) is 1. The van der Waals surface area contributed by atoms with Gasteiger partial charge >= 0.3 is 0 Å². The monoisotopic (exact) mass is 275 g/mol. The number of benzene rings is 1. The average molecular weight is 275 g/mol. The Morgan fingerprint density at radius 3 is 2.55 bits per heavy atom. The lowest BCUT2D eigenvalue weighted by Crippen LogP contribution is -2.25. The number of methoxy groups -OCH3 is 2. The van der Waals surface area contributed by atoms with Crippen molar-refractivity contribution >= 4 is 0 Å². The van der Waals surface area contributed by atoms with Gasteiger partial charge in [0.1, 0.15) is 11.4 Å². The highest BCUT2D eigenvalue weighted by Gasteiger charge is 2.24. The molecule has 1 heterocycles. The molecule has 1 unspecified atom stereocenters. The van der Waals surface area contributed by atoms with E-state index in [4.69, 9.17) is 9.47 Å². The molecule has 0 spiro atoms. The van der Waals surface area contributed by atoms with Crippen LogP contribution < -0.4 is 14.8 Å². The van der Waals surface area contributed by atoms with E-state index >= 15 is 0 Å². The number of aryl methyl sites for hydroxylation is 1. The number of hydrogen-bond donors (Lipinski definition) is 1. The van der Waals surface area contributed by atoms with Crippen LogP contribution in [0.15, 0.2) is 30.5 Å². The largest absolute Gasteiger partial charge is 0.496 e. The molecule has 0 amide bonds. The van der Waals surface area contributed by atoms with Crippen LogP contribution in [0.1, 0.15) is 24.2 Å². The molecule has 0 saturated carbocycles. The summed E-state index contributed by atoms with van der Waals surface area (Å²) in [6.45, 7) is 2.91. The molecule has 0 saturated heterocycles. The zero-order chi connectivity index (χ0) is 14.5. The summed E-state index contributed by atoms with van der Waals surface area (Å²) < 4.78 is 12.7. The topological polar surface area (TPSA) is 48.3 Å². The van der Waals surface area contributed by atoms with Gasteiger partial charge in [-0.25, -0.2) is 0 Å². The van der Waals surface area contributed by atoms with Crippen LogP contribution in [0.5, 0.6) is 11.5 Å². The van der Waals surface area contributed by atoms with Crippen LogP contribution in [0.4, 0.5) is 0 Å². The van der Waals surface area contributed by atoms with Crippen molar-refractivity contribution in [3.63, 3.8) is 0 Å². The van der Waals surface area contributed by atoms with Gasteiger partial charge in [-0.2, -0.15) is 5.10 Å². The normalized spacial score (nSPS) is 12.2. The van der Waals surface area contributed by atoms with E-state index in [-0.39, 0.29) is 6.04 Å². The SMILES string of the molecule is CCNC(c1ccccc1OC)c1c(OC)cnn1C. The predicted molar refractivity (Wildman–Crippen MR) is 78.3 cm³/mol. The lowest BCUT2D eigenvalue weighted by molar-refractivity contribution is 0.390. The Balaban J connectivity index is 2.53. The number of para-hydroxylation sites is 1. The van der Waals surface area contributed by atoms with Gasteiger partial charge < -0.3 is 14.8 Å². The Morgan fingerprint density at radius 1 is 1.20 bits per heavy atom. The second-order valence-corrected chi connectivity index (χ2v) is 4.45. The highest BCUT2D eigenvalue weighted by atomic mass is 16.5. The quantitative estimate of drug-likeness (QED) is 0.877. The maximum absolute atomic E-state index is 5.47. The minimum absolute atomic E-state index is 0.0291. The number of rotatable bonds is 6. The van der Waals surface area contributed by atoms with Gasteiger partial charge in [-0.05, 0) is 12.6 Å². The molecule has 0 aliphatic rings. The average Bonchev–Trinajstić information content (AvgIpc) is 2.85. The van der Waals surface area contributed by atoms with Crippen molar-refractivity contribution in [3.8, 4) is 11.5 Å². The molecule has 0 aliphatic heterocycles. The van der Waals surface area contributed by atoms with Crippen LogP contribution >= 0.6 is 0 Å². The number of hydrogen-bond acceptors (Lipinski definition) is 4. The fraction of sp³-hybridized carbons (Fsp3) is 0.400. The highest BCUT2D eigenvalue weighted by molar-refractivity contribution is 5.43. The van der Waals surface area contributed by atoms with Crippen LogP contribution in [-0.4, -0.2) is 30.5 Å². The summed E-state index contributed by atoms with van der Waals surface area (Å²) in [4.78, 5) is 0. The van der Waals surface area contributed by atoms with Crippen molar-refractivity contribution in [3.05, 3.63) is 41.7 Å². The first-order valence-corrected chi connectivity index (χ1v) is 6.65. The molecule has 1 N–H and O–H groups in total. The second-order valence-electron chi connectivity index (χ2n) is 4.45. The summed E-state index contributed by atoms with van der Waals surface area (Å²) in [6, 6.07) is 7.96. The van der Waals surface area contributed by atoms with Gasteiger partial charge in [0.25, 0.3) is 0 Å². The van der Waals surface area contributed by atoms with Gasteiger partial charge in [0.2, 0.25) is 0 Å². The predicted octanol–water partition coefficient (Wildman–Crippen LogP) is 2.14. The summed E-state index contributed by atoms with van der Waals surface area (Å²) in [6.07, 6.45) is 1.73. The standard InChI is InChI=1S/C15H21N3O2/c1-5-16-14(11-8-6-7-9-12(11)19-3)15-13(20-4)10-17-18(15)2/h6-10,14,16H,5H2,1-4H3. The molecule has 20 heavy (non-hydrogen) atoms. The van der Waals surface area contributed by atoms with E-state index < -0.39 is 0 Å². The molecular formula is C15H21N3O2. The summed E-state index contributed by atoms with van der Waals surface area (Å²) in [5.74, 6) is 1.62. The minimum atomic E-state index is -0.0291. The fourth-order valence-corrected chi connectivity index (χ4v) is 2.38. The van der Waals surface area contributed by atoms with E-state index in [1.54, 1.807) is 20.4 Å². The first-order valence-electron chi connectivity index (χ1n) is 6.65. The highest BCUT2D eigenvalue weighted by Crippen LogP contribution is 2.34. The molecule has 0 radical (unpaired) electrons. The molecule has 0 aliphatic carbocycles. The van der Waals surface area contributed by atoms with Gasteiger partial charge in [0.15, 0.2) is 5.75 Å². The number of ether oxygens (including phenoxy) is 2. The molecule has 108 valence electrons. The minimum Gasteiger partial charge on any atom is -0.496 e. The molecular weight excluding hydrogens is 254 g/mol. The van der Waals surface area contributed by atoms with Crippen molar-refractivity contribution in [2.75, 3.05) is 20.8 Å². The molecule has 2 rings (SSSR count). The fourth-order valence-electron chi connectivity index (χ4n) is 2.38. The second kappa shape index (κ2) is 6.43. The molecule has 2 aromatic rings. The molecule has 0 fully saturated rings. The van der Waals surface area contributed by atoms with Crippen LogP contribution in [0.3, 0.4) is 0 Å². The first kappa shape index (κ1) is 14.4. The van der Waals surface area contributed by atoms with Crippen LogP contribution in [0.25, 0.3) is 0 Å². The summed E-state index contributed by atoms with van der Waals surface area (Å²) in [5, 5.41) is 7.75. The van der Waals surface area contributed by atoms with Crippen molar-refractivity contribution in [2.24, 2.45) is 7.05 Å². The van der Waals surface area contributed by atoms with E-state index in [0.29, 0.717) is 0 Å². The summed E-state index contributed by atoms with van der Waals surface area (Å²) >= 11 is 0. The van der Waals surface area contributed by atoms with E-state index in [1.165, 1.54) is 0 Å². The van der Waals surface area contributed by atoms with Gasteiger partial charge in [-0.15, -0.1) is 0 Å². The van der Waals surface area contributed by atoms with E-state index in [1.807, 2.05) is 29.9 Å².